The van der Waals surface area contributed by atoms with Crippen LogP contribution in [0, 0.1) is 17.8 Å². The van der Waals surface area contributed by atoms with Crippen molar-refractivity contribution in [1.29, 1.82) is 0 Å². The molecule has 2 atom stereocenters. The largest absolute Gasteiger partial charge is 0.549 e. The maximum atomic E-state index is 13.2. The van der Waals surface area contributed by atoms with Gasteiger partial charge in [0.05, 0.1) is 96.4 Å². The van der Waals surface area contributed by atoms with Gasteiger partial charge < -0.3 is 47.4 Å². The van der Waals surface area contributed by atoms with Gasteiger partial charge in [-0.3, -0.25) is 0 Å². The summed E-state index contributed by atoms with van der Waals surface area (Å²) in [6.07, 6.45) is -9.21. The summed E-state index contributed by atoms with van der Waals surface area (Å²) in [6.45, 7) is -4.16. The molecule has 0 aliphatic carbocycles. The fourth-order valence-electron chi connectivity index (χ4n) is 7.07. The third kappa shape index (κ3) is 22.0. The minimum atomic E-state index is -1.69. The molecule has 2 unspecified atom stereocenters. The number of carbonyl (C=O) groups excluding carboxylic acids is 10. The average molecular weight is 1190 g/mol. The minimum absolute atomic E-state index is 0.0968. The van der Waals surface area contributed by atoms with Crippen LogP contribution in [0.1, 0.15) is 64.6 Å². The lowest BCUT2D eigenvalue weighted by atomic mass is 9.79. The third-order valence-electron chi connectivity index (χ3n) is 11.3. The highest BCUT2D eigenvalue weighted by Gasteiger charge is 2.35. The van der Waals surface area contributed by atoms with E-state index in [-0.39, 0.29) is 56.6 Å². The molecule has 30 nitrogen and oxygen atoms in total. The Labute approximate surface area is 480 Å². The molecule has 0 heterocycles. The Hall–Kier alpha value is -11.2. The zero-order valence-corrected chi connectivity index (χ0v) is 45.5. The molecule has 0 aliphatic heterocycles. The van der Waals surface area contributed by atoms with Crippen LogP contribution in [-0.2, 0) is 72.6 Å². The Kier molecular flexibility index (Phi) is 26.0. The lowest BCUT2D eigenvalue weighted by Gasteiger charge is -2.32. The second kappa shape index (κ2) is 34.2. The van der Waals surface area contributed by atoms with E-state index in [4.69, 9.17) is 47.4 Å². The van der Waals surface area contributed by atoms with Crippen LogP contribution in [0.5, 0.6) is 28.7 Å². The van der Waals surface area contributed by atoms with E-state index in [9.17, 15) is 47.9 Å². The highest BCUT2D eigenvalue weighted by atomic mass is 17.3. The van der Waals surface area contributed by atoms with Crippen LogP contribution < -0.4 is 23.7 Å². The van der Waals surface area contributed by atoms with E-state index >= 15 is 0 Å². The van der Waals surface area contributed by atoms with Crippen LogP contribution in [0.3, 0.4) is 0 Å². The van der Waals surface area contributed by atoms with E-state index in [0.29, 0.717) is 0 Å². The standard InChI is InChI=1S/C55H52O30/c1-66-40-16-6-11-33(25-40)46(56)76-81-51(61)71-23-21-38(30-73-53(63)83-78-48(58)35-13-8-18-42(27-35)68-3)45(32-75-55(65)85-80-50(60)37-15-10-20-44(29-37)70-5)39(31-74-54(64)84-79-49(59)36-14-9-19-43(28-36)69-4)22-24-72-52(62)82-77-47(57)34-12-7-17-41(26-34)67-2/h6-20,25-29,38-39,45H,21-24,30-32H2,1-5H3. The van der Waals surface area contributed by atoms with Crippen LogP contribution in [0.4, 0.5) is 24.0 Å². The van der Waals surface area contributed by atoms with Crippen LogP contribution in [0.25, 0.3) is 0 Å². The summed E-state index contributed by atoms with van der Waals surface area (Å²) in [7, 11) is 6.67. The highest BCUT2D eigenvalue weighted by Crippen LogP contribution is 2.30. The molecule has 0 aromatic heterocycles. The molecule has 30 heteroatoms. The molecule has 0 N–H and O–H groups in total. The zero-order valence-electron chi connectivity index (χ0n) is 45.5. The molecule has 0 amide bonds. The van der Waals surface area contributed by atoms with Crippen molar-refractivity contribution in [3.8, 4) is 28.7 Å². The SMILES string of the molecule is COc1cccc(C(=O)OOC(=O)OCCC(COC(=O)OOC(=O)c2cccc(OC)c2)C(COC(=O)OOC(=O)c2cccc(OC)c2)C(CCOC(=O)OOC(=O)c2cccc(OC)c2)COC(=O)OOC(=O)c2cccc(OC)c2)c1. The monoisotopic (exact) mass is 1190 g/mol. The summed E-state index contributed by atoms with van der Waals surface area (Å²) >= 11 is 0. The normalized spacial score (nSPS) is 11.3. The van der Waals surface area contributed by atoms with E-state index in [2.05, 4.69) is 48.9 Å². The van der Waals surface area contributed by atoms with Crippen LogP contribution >= 0.6 is 0 Å². The third-order valence-corrected chi connectivity index (χ3v) is 11.3. The lowest BCUT2D eigenvalue weighted by molar-refractivity contribution is -0.210. The smallest absolute Gasteiger partial charge is 0.497 e. The van der Waals surface area contributed by atoms with Gasteiger partial charge in [-0.2, -0.15) is 24.0 Å². The first-order valence-corrected chi connectivity index (χ1v) is 24.5. The lowest BCUT2D eigenvalue weighted by Crippen LogP contribution is -2.37. The Bertz CT molecular complexity index is 2940. The first-order chi connectivity index (χ1) is 41.0. The van der Waals surface area contributed by atoms with Gasteiger partial charge in [-0.15, -0.1) is 0 Å². The van der Waals surface area contributed by atoms with Crippen molar-refractivity contribution in [1.82, 2.24) is 0 Å². The first-order valence-electron chi connectivity index (χ1n) is 24.5. The maximum absolute atomic E-state index is 13.2. The zero-order chi connectivity index (χ0) is 61.5. The van der Waals surface area contributed by atoms with Crippen molar-refractivity contribution < 1.29 is 144 Å². The molecule has 5 rings (SSSR count). The number of hydrogen-bond acceptors (Lipinski definition) is 30. The fourth-order valence-corrected chi connectivity index (χ4v) is 7.07. The Morgan fingerprint density at radius 3 is 0.753 bits per heavy atom. The summed E-state index contributed by atoms with van der Waals surface area (Å²) in [6, 6.07) is 27.6. The average Bonchev–Trinajstić information content (AvgIpc) is 3.58. The van der Waals surface area contributed by atoms with Gasteiger partial charge in [-0.05, 0) is 104 Å². The van der Waals surface area contributed by atoms with Crippen molar-refractivity contribution in [3.05, 3.63) is 149 Å². The van der Waals surface area contributed by atoms with Gasteiger partial charge in [0.2, 0.25) is 0 Å². The summed E-state index contributed by atoms with van der Waals surface area (Å²) in [5.74, 6) is -8.82. The molecule has 5 aromatic rings. The van der Waals surface area contributed by atoms with Crippen LogP contribution in [-0.4, -0.2) is 129 Å². The second-order valence-corrected chi connectivity index (χ2v) is 16.6. The van der Waals surface area contributed by atoms with Gasteiger partial charge in [-0.25, -0.2) is 72.8 Å². The summed E-state index contributed by atoms with van der Waals surface area (Å²) in [4.78, 5) is 175. The number of carbonyl (C=O) groups is 10. The molecule has 0 fully saturated rings. The maximum Gasteiger partial charge on any atom is 0.549 e. The summed E-state index contributed by atoms with van der Waals surface area (Å²) < 4.78 is 51.6. The molecule has 5 aromatic carbocycles. The van der Waals surface area contributed by atoms with E-state index in [1.807, 2.05) is 0 Å². The Balaban J connectivity index is 1.42. The van der Waals surface area contributed by atoms with Crippen LogP contribution in [0.15, 0.2) is 121 Å². The molecule has 452 valence electrons. The van der Waals surface area contributed by atoms with E-state index in [1.165, 1.54) is 157 Å². The molecule has 0 radical (unpaired) electrons. The van der Waals surface area contributed by atoms with Crippen molar-refractivity contribution >= 4 is 60.6 Å². The van der Waals surface area contributed by atoms with Crippen molar-refractivity contribution in [3.63, 3.8) is 0 Å². The van der Waals surface area contributed by atoms with Crippen molar-refractivity contribution in [2.45, 2.75) is 12.8 Å². The number of ether oxygens (including phenoxy) is 10. The molecule has 0 saturated carbocycles. The van der Waals surface area contributed by atoms with Gasteiger partial charge in [0, 0.05) is 17.8 Å². The predicted octanol–water partition coefficient (Wildman–Crippen LogP) is 8.28. The van der Waals surface area contributed by atoms with Crippen molar-refractivity contribution in [2.24, 2.45) is 17.8 Å². The van der Waals surface area contributed by atoms with Gasteiger partial charge in [0.25, 0.3) is 0 Å². The molecule has 0 saturated heterocycles. The first kappa shape index (κ1) is 64.6. The number of rotatable bonds is 24. The topological polar surface area (TPSA) is 355 Å². The number of methoxy groups -OCH3 is 5. The van der Waals surface area contributed by atoms with Gasteiger partial charge in [-0.1, -0.05) is 30.3 Å². The highest BCUT2D eigenvalue weighted by molar-refractivity contribution is 5.92. The van der Waals surface area contributed by atoms with Gasteiger partial charge >= 0.3 is 60.6 Å². The summed E-state index contributed by atoms with van der Waals surface area (Å²) in [5, 5.41) is 0. The second-order valence-electron chi connectivity index (χ2n) is 16.6. The number of benzene rings is 5. The molecular formula is C55H52O30. The Morgan fingerprint density at radius 1 is 0.294 bits per heavy atom. The van der Waals surface area contributed by atoms with E-state index in [0.717, 1.165) is 0 Å². The molecular weight excluding hydrogens is 1140 g/mol. The predicted molar refractivity (Wildman–Crippen MR) is 274 cm³/mol. The summed E-state index contributed by atoms with van der Waals surface area (Å²) in [5.41, 5.74) is -0.581. The van der Waals surface area contributed by atoms with E-state index < -0.39 is 124 Å². The fraction of sp³-hybridized carbons (Fsp3) is 0.273. The van der Waals surface area contributed by atoms with Gasteiger partial charge in [0.15, 0.2) is 0 Å². The molecule has 85 heavy (non-hydrogen) atoms. The quantitative estimate of drug-likeness (QED) is 0.0242. The molecule has 0 aliphatic rings. The van der Waals surface area contributed by atoms with Gasteiger partial charge in [0.1, 0.15) is 28.7 Å². The molecule has 0 bridgehead atoms. The van der Waals surface area contributed by atoms with E-state index in [1.54, 1.807) is 0 Å². The van der Waals surface area contributed by atoms with Crippen LogP contribution in [0.2, 0.25) is 0 Å². The minimum Gasteiger partial charge on any atom is -0.497 e. The number of hydrogen-bond donors (Lipinski definition) is 0. The Morgan fingerprint density at radius 2 is 0.518 bits per heavy atom. The molecule has 0 spiro atoms. The van der Waals surface area contributed by atoms with Crippen molar-refractivity contribution in [2.75, 3.05) is 68.6 Å².